The van der Waals surface area contributed by atoms with Crippen molar-refractivity contribution in [3.63, 3.8) is 0 Å². The first-order valence-corrected chi connectivity index (χ1v) is 6.78. The van der Waals surface area contributed by atoms with Crippen LogP contribution in [0.3, 0.4) is 0 Å². The minimum absolute atomic E-state index is 0.260. The monoisotopic (exact) mass is 266 g/mol. The van der Waals surface area contributed by atoms with Gasteiger partial charge in [-0.05, 0) is 50.5 Å². The number of unbranched alkanes of at least 4 members (excludes halogenated alkanes) is 3. The van der Waals surface area contributed by atoms with Gasteiger partial charge in [0.2, 0.25) is 0 Å². The van der Waals surface area contributed by atoms with E-state index in [0.717, 1.165) is 31.4 Å². The lowest BCUT2D eigenvalue weighted by atomic mass is 10.2. The molecule has 1 aromatic rings. The highest BCUT2D eigenvalue weighted by atomic mass is 16.5. The molecular weight excluding hydrogens is 244 g/mol. The lowest BCUT2D eigenvalue weighted by molar-refractivity contribution is 0.0526. The molecule has 0 saturated heterocycles. The van der Waals surface area contributed by atoms with E-state index in [1.54, 1.807) is 31.2 Å². The molecule has 0 fully saturated rings. The maximum Gasteiger partial charge on any atom is 0.338 e. The molecule has 4 nitrogen and oxygen atoms in total. The second-order valence-corrected chi connectivity index (χ2v) is 4.23. The van der Waals surface area contributed by atoms with Crippen molar-refractivity contribution >= 4 is 5.97 Å². The minimum atomic E-state index is -0.307. The van der Waals surface area contributed by atoms with Crippen molar-refractivity contribution in [2.75, 3.05) is 19.8 Å². The van der Waals surface area contributed by atoms with Crippen molar-refractivity contribution < 1.29 is 19.4 Å². The maximum atomic E-state index is 11.4. The van der Waals surface area contributed by atoms with E-state index in [1.165, 1.54) is 0 Å². The molecule has 106 valence electrons. The van der Waals surface area contributed by atoms with Crippen LogP contribution in [0.1, 0.15) is 43.0 Å². The van der Waals surface area contributed by atoms with Gasteiger partial charge in [0.15, 0.2) is 0 Å². The van der Waals surface area contributed by atoms with Crippen LogP contribution in [0.4, 0.5) is 0 Å². The molecule has 0 amide bonds. The van der Waals surface area contributed by atoms with Gasteiger partial charge in [-0.2, -0.15) is 0 Å². The van der Waals surface area contributed by atoms with Crippen molar-refractivity contribution in [1.29, 1.82) is 0 Å². The number of benzene rings is 1. The smallest absolute Gasteiger partial charge is 0.338 e. The lowest BCUT2D eigenvalue weighted by Gasteiger charge is -2.07. The molecule has 0 aliphatic rings. The Morgan fingerprint density at radius 3 is 2.42 bits per heavy atom. The summed E-state index contributed by atoms with van der Waals surface area (Å²) in [5.74, 6) is 0.452. The molecule has 1 rings (SSSR count). The zero-order valence-electron chi connectivity index (χ0n) is 11.4. The molecule has 1 aromatic carbocycles. The van der Waals surface area contributed by atoms with Gasteiger partial charge in [-0.15, -0.1) is 0 Å². The molecular formula is C15H22O4. The molecule has 0 heterocycles. The van der Waals surface area contributed by atoms with Crippen LogP contribution in [0.5, 0.6) is 5.75 Å². The highest BCUT2D eigenvalue weighted by Gasteiger charge is 2.05. The predicted octanol–water partition coefficient (Wildman–Crippen LogP) is 2.79. The van der Waals surface area contributed by atoms with E-state index in [1.807, 2.05) is 0 Å². The Bertz CT molecular complexity index is 359. The van der Waals surface area contributed by atoms with Crippen LogP contribution in [-0.2, 0) is 4.74 Å². The van der Waals surface area contributed by atoms with Gasteiger partial charge in [-0.3, -0.25) is 0 Å². The minimum Gasteiger partial charge on any atom is -0.494 e. The van der Waals surface area contributed by atoms with E-state index in [4.69, 9.17) is 14.6 Å². The van der Waals surface area contributed by atoms with Crippen molar-refractivity contribution in [3.05, 3.63) is 29.8 Å². The summed E-state index contributed by atoms with van der Waals surface area (Å²) in [6.45, 7) is 3.08. The lowest BCUT2D eigenvalue weighted by Crippen LogP contribution is -2.04. The zero-order chi connectivity index (χ0) is 13.9. The summed E-state index contributed by atoms with van der Waals surface area (Å²) in [5.41, 5.74) is 0.539. The van der Waals surface area contributed by atoms with Crippen molar-refractivity contribution in [3.8, 4) is 5.75 Å². The number of esters is 1. The van der Waals surface area contributed by atoms with Gasteiger partial charge in [-0.25, -0.2) is 4.79 Å². The first-order chi connectivity index (χ1) is 9.27. The molecule has 0 saturated carbocycles. The normalized spacial score (nSPS) is 10.2. The maximum absolute atomic E-state index is 11.4. The summed E-state index contributed by atoms with van der Waals surface area (Å²) >= 11 is 0. The summed E-state index contributed by atoms with van der Waals surface area (Å²) < 4.78 is 10.5. The fourth-order valence-corrected chi connectivity index (χ4v) is 1.66. The van der Waals surface area contributed by atoms with Crippen LogP contribution < -0.4 is 4.74 Å². The zero-order valence-corrected chi connectivity index (χ0v) is 11.4. The number of hydrogen-bond donors (Lipinski definition) is 1. The molecule has 1 N–H and O–H groups in total. The SMILES string of the molecule is CCOC(=O)c1ccc(OCCCCCCO)cc1. The van der Waals surface area contributed by atoms with Crippen LogP contribution in [0, 0.1) is 0 Å². The first kappa shape index (κ1) is 15.5. The number of aliphatic hydroxyl groups excluding tert-OH is 1. The number of aliphatic hydroxyl groups is 1. The molecule has 0 spiro atoms. The van der Waals surface area contributed by atoms with Crippen LogP contribution in [0.15, 0.2) is 24.3 Å². The van der Waals surface area contributed by atoms with E-state index in [9.17, 15) is 4.79 Å². The van der Waals surface area contributed by atoms with Crippen LogP contribution >= 0.6 is 0 Å². The summed E-state index contributed by atoms with van der Waals surface area (Å²) in [6, 6.07) is 6.97. The van der Waals surface area contributed by atoms with Crippen molar-refractivity contribution in [2.24, 2.45) is 0 Å². The van der Waals surface area contributed by atoms with Crippen molar-refractivity contribution in [1.82, 2.24) is 0 Å². The Morgan fingerprint density at radius 2 is 1.79 bits per heavy atom. The van der Waals surface area contributed by atoms with Crippen LogP contribution in [-0.4, -0.2) is 30.9 Å². The summed E-state index contributed by atoms with van der Waals surface area (Å²) in [5, 5.41) is 8.64. The highest BCUT2D eigenvalue weighted by Crippen LogP contribution is 2.13. The predicted molar refractivity (Wildman–Crippen MR) is 73.4 cm³/mol. The van der Waals surface area contributed by atoms with Crippen molar-refractivity contribution in [2.45, 2.75) is 32.6 Å². The Labute approximate surface area is 114 Å². The molecule has 0 unspecified atom stereocenters. The second-order valence-electron chi connectivity index (χ2n) is 4.23. The van der Waals surface area contributed by atoms with E-state index in [0.29, 0.717) is 18.8 Å². The van der Waals surface area contributed by atoms with Gasteiger partial charge in [0.1, 0.15) is 5.75 Å². The number of hydrogen-bond acceptors (Lipinski definition) is 4. The number of carbonyl (C=O) groups is 1. The standard InChI is InChI=1S/C15H22O4/c1-2-18-15(17)13-7-9-14(10-8-13)19-12-6-4-3-5-11-16/h7-10,16H,2-6,11-12H2,1H3. The fourth-order valence-electron chi connectivity index (χ4n) is 1.66. The molecule has 0 aliphatic heterocycles. The number of rotatable bonds is 9. The van der Waals surface area contributed by atoms with Gasteiger partial charge >= 0.3 is 5.97 Å². The Balaban J connectivity index is 2.26. The van der Waals surface area contributed by atoms with Crippen LogP contribution in [0.25, 0.3) is 0 Å². The average Bonchev–Trinajstić information content (AvgIpc) is 2.43. The summed E-state index contributed by atoms with van der Waals surface area (Å²) in [4.78, 5) is 11.4. The van der Waals surface area contributed by atoms with Gasteiger partial charge in [0, 0.05) is 6.61 Å². The Morgan fingerprint density at radius 1 is 1.11 bits per heavy atom. The van der Waals surface area contributed by atoms with Gasteiger partial charge in [-0.1, -0.05) is 6.42 Å². The third-order valence-electron chi connectivity index (χ3n) is 2.69. The van der Waals surface area contributed by atoms with Gasteiger partial charge < -0.3 is 14.6 Å². The molecule has 19 heavy (non-hydrogen) atoms. The van der Waals surface area contributed by atoms with E-state index < -0.39 is 0 Å². The van der Waals surface area contributed by atoms with Gasteiger partial charge in [0.25, 0.3) is 0 Å². The van der Waals surface area contributed by atoms with Crippen LogP contribution in [0.2, 0.25) is 0 Å². The Kier molecular flexibility index (Phi) is 7.66. The molecule has 0 aromatic heterocycles. The van der Waals surface area contributed by atoms with E-state index in [-0.39, 0.29) is 12.6 Å². The fraction of sp³-hybridized carbons (Fsp3) is 0.533. The quantitative estimate of drug-likeness (QED) is 0.551. The number of carbonyl (C=O) groups excluding carboxylic acids is 1. The topological polar surface area (TPSA) is 55.8 Å². The molecule has 4 heteroatoms. The molecule has 0 atom stereocenters. The third kappa shape index (κ3) is 6.25. The second kappa shape index (κ2) is 9.39. The molecule has 0 radical (unpaired) electrons. The van der Waals surface area contributed by atoms with E-state index >= 15 is 0 Å². The number of ether oxygens (including phenoxy) is 2. The Hall–Kier alpha value is -1.55. The third-order valence-corrected chi connectivity index (χ3v) is 2.69. The largest absolute Gasteiger partial charge is 0.494 e. The summed E-state index contributed by atoms with van der Waals surface area (Å²) in [7, 11) is 0. The molecule has 0 aliphatic carbocycles. The first-order valence-electron chi connectivity index (χ1n) is 6.78. The average molecular weight is 266 g/mol. The summed E-state index contributed by atoms with van der Waals surface area (Å²) in [6.07, 6.45) is 3.91. The molecule has 0 bridgehead atoms. The van der Waals surface area contributed by atoms with Gasteiger partial charge in [0.05, 0.1) is 18.8 Å². The highest BCUT2D eigenvalue weighted by molar-refractivity contribution is 5.89. The van der Waals surface area contributed by atoms with E-state index in [2.05, 4.69) is 0 Å².